The lowest BCUT2D eigenvalue weighted by Gasteiger charge is -2.18. The molecule has 0 radical (unpaired) electrons. The molecule has 0 saturated heterocycles. The van der Waals surface area contributed by atoms with Gasteiger partial charge in [-0.05, 0) is 37.5 Å². The Morgan fingerprint density at radius 1 is 0.556 bits per heavy atom. The molecule has 0 aromatic heterocycles. The molecule has 0 nitrogen and oxygen atoms in total. The summed E-state index contributed by atoms with van der Waals surface area (Å²) in [7, 11) is 0. The minimum atomic E-state index is 0.625. The summed E-state index contributed by atoms with van der Waals surface area (Å²) in [6, 6.07) is 0. The lowest BCUT2D eigenvalue weighted by molar-refractivity contribution is 0.474. The first-order valence-electron chi connectivity index (χ1n) is 8.52. The molecular weight excluding hydrogens is 216 g/mol. The normalized spacial score (nSPS) is 27.4. The van der Waals surface area contributed by atoms with Crippen molar-refractivity contribution in [1.29, 1.82) is 0 Å². The van der Waals surface area contributed by atoms with Gasteiger partial charge in [-0.3, -0.25) is 0 Å². The second kappa shape index (κ2) is 7.36. The van der Waals surface area contributed by atoms with Crippen molar-refractivity contribution in [3.05, 3.63) is 12.2 Å². The van der Waals surface area contributed by atoms with E-state index in [1.807, 2.05) is 0 Å². The molecule has 0 N–H and O–H groups in total. The molecule has 18 heavy (non-hydrogen) atoms. The van der Waals surface area contributed by atoms with Crippen LogP contribution in [-0.4, -0.2) is 0 Å². The maximum absolute atomic E-state index is 4.42. The van der Waals surface area contributed by atoms with Gasteiger partial charge in [0.15, 0.2) is 0 Å². The molecule has 0 amide bonds. The monoisotopic (exact) mass is 248 g/mol. The molecule has 2 saturated carbocycles. The average molecular weight is 248 g/mol. The Labute approximate surface area is 114 Å². The number of hydrogen-bond donors (Lipinski definition) is 0. The van der Waals surface area contributed by atoms with Crippen LogP contribution in [0.5, 0.6) is 0 Å². The maximum atomic E-state index is 4.42. The van der Waals surface area contributed by atoms with Gasteiger partial charge in [-0.15, -0.1) is 0 Å². The van der Waals surface area contributed by atoms with E-state index in [9.17, 15) is 0 Å². The van der Waals surface area contributed by atoms with Crippen LogP contribution in [0, 0.1) is 5.41 Å². The summed E-state index contributed by atoms with van der Waals surface area (Å²) >= 11 is 0. The van der Waals surface area contributed by atoms with Gasteiger partial charge in [0.1, 0.15) is 0 Å². The minimum Gasteiger partial charge on any atom is -0.0993 e. The van der Waals surface area contributed by atoms with Gasteiger partial charge >= 0.3 is 0 Å². The molecule has 2 rings (SSSR count). The van der Waals surface area contributed by atoms with Crippen molar-refractivity contribution in [1.82, 2.24) is 0 Å². The topological polar surface area (TPSA) is 0 Å². The molecule has 0 atom stereocenters. The predicted molar refractivity (Wildman–Crippen MR) is 80.8 cm³/mol. The van der Waals surface area contributed by atoms with E-state index in [1.54, 1.807) is 5.57 Å². The first kappa shape index (κ1) is 14.2. The molecule has 2 aliphatic carbocycles. The number of rotatable bonds is 0. The summed E-state index contributed by atoms with van der Waals surface area (Å²) in [5.41, 5.74) is 2.23. The Hall–Kier alpha value is -0.260. The fourth-order valence-electron chi connectivity index (χ4n) is 3.59. The second-order valence-corrected chi connectivity index (χ2v) is 6.77. The van der Waals surface area contributed by atoms with Crippen molar-refractivity contribution >= 4 is 0 Å². The van der Waals surface area contributed by atoms with E-state index in [0.717, 1.165) is 0 Å². The quantitative estimate of drug-likeness (QED) is 0.435. The highest BCUT2D eigenvalue weighted by Crippen LogP contribution is 2.56. The number of hydrogen-bond acceptors (Lipinski definition) is 0. The molecule has 0 heterocycles. The van der Waals surface area contributed by atoms with Gasteiger partial charge in [0.25, 0.3) is 0 Å². The Morgan fingerprint density at radius 2 is 1.00 bits per heavy atom. The molecule has 0 unspecified atom stereocenters. The molecule has 0 aromatic rings. The van der Waals surface area contributed by atoms with Crippen molar-refractivity contribution in [3.8, 4) is 0 Å². The highest BCUT2D eigenvalue weighted by molar-refractivity contribution is 5.18. The van der Waals surface area contributed by atoms with E-state index < -0.39 is 0 Å². The predicted octanol–water partition coefficient (Wildman–Crippen LogP) is 6.41. The molecule has 0 aromatic carbocycles. The van der Waals surface area contributed by atoms with Gasteiger partial charge in [0.05, 0.1) is 0 Å². The summed E-state index contributed by atoms with van der Waals surface area (Å²) in [4.78, 5) is 0. The summed E-state index contributed by atoms with van der Waals surface area (Å²) in [5.74, 6) is 0. The summed E-state index contributed by atoms with van der Waals surface area (Å²) in [6.07, 6.45) is 21.8. The third-order valence-corrected chi connectivity index (χ3v) is 5.24. The zero-order valence-corrected chi connectivity index (χ0v) is 12.3. The smallest absolute Gasteiger partial charge is 0.00901 e. The zero-order valence-electron chi connectivity index (χ0n) is 12.3. The molecule has 104 valence electrons. The SMILES string of the molecule is C=C1CCCCCCCCCCCCCC12CC2. The number of allylic oxidation sites excluding steroid dienone is 1. The maximum Gasteiger partial charge on any atom is -0.00901 e. The third-order valence-electron chi connectivity index (χ3n) is 5.24. The average Bonchev–Trinajstić information content (AvgIpc) is 3.15. The summed E-state index contributed by atoms with van der Waals surface area (Å²) < 4.78 is 0. The Bertz CT molecular complexity index is 247. The summed E-state index contributed by atoms with van der Waals surface area (Å²) in [6.45, 7) is 4.42. The molecule has 2 aliphatic rings. The summed E-state index contributed by atoms with van der Waals surface area (Å²) in [5, 5.41) is 0. The standard InChI is InChI=1S/C18H32/c1-17-13-11-9-7-5-3-2-4-6-8-10-12-14-18(17)15-16-18/h1-16H2. The van der Waals surface area contributed by atoms with Gasteiger partial charge in [-0.2, -0.15) is 0 Å². The van der Waals surface area contributed by atoms with Crippen LogP contribution >= 0.6 is 0 Å². The van der Waals surface area contributed by atoms with E-state index in [0.29, 0.717) is 5.41 Å². The van der Waals surface area contributed by atoms with Gasteiger partial charge < -0.3 is 0 Å². The van der Waals surface area contributed by atoms with Crippen LogP contribution in [0.1, 0.15) is 96.3 Å². The van der Waals surface area contributed by atoms with Crippen LogP contribution in [-0.2, 0) is 0 Å². The lowest BCUT2D eigenvalue weighted by atomic mass is 9.87. The van der Waals surface area contributed by atoms with Crippen LogP contribution < -0.4 is 0 Å². The fraction of sp³-hybridized carbons (Fsp3) is 0.889. The van der Waals surface area contributed by atoms with Crippen molar-refractivity contribution < 1.29 is 0 Å². The van der Waals surface area contributed by atoms with Crippen LogP contribution in [0.3, 0.4) is 0 Å². The first-order chi connectivity index (χ1) is 8.83. The van der Waals surface area contributed by atoms with Gasteiger partial charge in [0.2, 0.25) is 0 Å². The lowest BCUT2D eigenvalue weighted by Crippen LogP contribution is -2.04. The van der Waals surface area contributed by atoms with Crippen LogP contribution in [0.25, 0.3) is 0 Å². The molecule has 1 spiro atoms. The van der Waals surface area contributed by atoms with Crippen LogP contribution in [0.4, 0.5) is 0 Å². The highest BCUT2D eigenvalue weighted by atomic mass is 14.5. The molecular formula is C18H32. The van der Waals surface area contributed by atoms with Gasteiger partial charge in [0, 0.05) is 0 Å². The van der Waals surface area contributed by atoms with E-state index in [-0.39, 0.29) is 0 Å². The fourth-order valence-corrected chi connectivity index (χ4v) is 3.59. The Morgan fingerprint density at radius 3 is 1.50 bits per heavy atom. The minimum absolute atomic E-state index is 0.625. The molecule has 0 aliphatic heterocycles. The van der Waals surface area contributed by atoms with Gasteiger partial charge in [-0.25, -0.2) is 0 Å². The second-order valence-electron chi connectivity index (χ2n) is 6.77. The van der Waals surface area contributed by atoms with E-state index in [1.165, 1.54) is 96.3 Å². The van der Waals surface area contributed by atoms with Crippen LogP contribution in [0.2, 0.25) is 0 Å². The Kier molecular flexibility index (Phi) is 5.79. The van der Waals surface area contributed by atoms with Crippen LogP contribution in [0.15, 0.2) is 12.2 Å². The van der Waals surface area contributed by atoms with Crippen molar-refractivity contribution in [3.63, 3.8) is 0 Å². The van der Waals surface area contributed by atoms with E-state index >= 15 is 0 Å². The van der Waals surface area contributed by atoms with Crippen molar-refractivity contribution in [2.75, 3.05) is 0 Å². The molecule has 0 heteroatoms. The zero-order chi connectivity index (χ0) is 12.7. The molecule has 2 fully saturated rings. The van der Waals surface area contributed by atoms with Crippen molar-refractivity contribution in [2.45, 2.75) is 96.3 Å². The van der Waals surface area contributed by atoms with Crippen molar-refractivity contribution in [2.24, 2.45) is 5.41 Å². The van der Waals surface area contributed by atoms with Gasteiger partial charge in [-0.1, -0.05) is 76.4 Å². The van der Waals surface area contributed by atoms with E-state index in [4.69, 9.17) is 0 Å². The molecule has 0 bridgehead atoms. The Balaban J connectivity index is 1.75. The largest absolute Gasteiger partial charge is 0.0993 e. The van der Waals surface area contributed by atoms with E-state index in [2.05, 4.69) is 6.58 Å². The highest BCUT2D eigenvalue weighted by Gasteiger charge is 2.43. The third kappa shape index (κ3) is 4.44. The first-order valence-corrected chi connectivity index (χ1v) is 8.52.